The van der Waals surface area contributed by atoms with Crippen molar-refractivity contribution in [2.75, 3.05) is 5.73 Å². The number of rotatable bonds is 7. The molecule has 1 aromatic carbocycles. The van der Waals surface area contributed by atoms with E-state index in [0.29, 0.717) is 5.56 Å². The highest BCUT2D eigenvalue weighted by Gasteiger charge is 2.38. The first kappa shape index (κ1) is 22.0. The van der Waals surface area contributed by atoms with E-state index >= 15 is 0 Å². The molecule has 7 N–H and O–H groups in total. The number of oxime groups is 1. The lowest BCUT2D eigenvalue weighted by Crippen LogP contribution is -2.54. The topological polar surface area (TPSA) is 199 Å². The van der Waals surface area contributed by atoms with Crippen LogP contribution in [0.4, 0.5) is 5.13 Å². The molecule has 0 radical (unpaired) electrons. The summed E-state index contributed by atoms with van der Waals surface area (Å²) in [6, 6.07) is 4.51. The third-order valence-electron chi connectivity index (χ3n) is 4.35. The summed E-state index contributed by atoms with van der Waals surface area (Å²) in [6.07, 6.45) is -1.02. The number of carbonyl (C=O) groups excluding carboxylic acids is 2. The second kappa shape index (κ2) is 9.01. The number of anilines is 1. The lowest BCUT2D eigenvalue weighted by atomic mass is 9.72. The number of amides is 2. The lowest BCUT2D eigenvalue weighted by Gasteiger charge is -2.28. The molecule has 31 heavy (non-hydrogen) atoms. The third-order valence-corrected chi connectivity index (χ3v) is 5.02. The van der Waals surface area contributed by atoms with Crippen molar-refractivity contribution in [2.24, 2.45) is 10.9 Å². The van der Waals surface area contributed by atoms with E-state index in [1.165, 1.54) is 24.4 Å². The van der Waals surface area contributed by atoms with Crippen molar-refractivity contribution in [1.82, 2.24) is 10.3 Å². The normalized spacial score (nSPS) is 16.6. The van der Waals surface area contributed by atoms with Gasteiger partial charge in [0, 0.05) is 5.38 Å². The predicted molar refractivity (Wildman–Crippen MR) is 110 cm³/mol. The first-order valence-corrected chi connectivity index (χ1v) is 9.80. The number of primary amides is 1. The number of carboxylic acids is 1. The van der Waals surface area contributed by atoms with E-state index in [-0.39, 0.29) is 34.3 Å². The van der Waals surface area contributed by atoms with Gasteiger partial charge in [0.1, 0.15) is 11.4 Å². The molecule has 0 spiro atoms. The molecule has 2 heterocycles. The van der Waals surface area contributed by atoms with Crippen molar-refractivity contribution in [1.29, 1.82) is 0 Å². The van der Waals surface area contributed by atoms with Crippen LogP contribution >= 0.6 is 11.3 Å². The number of benzene rings is 1. The summed E-state index contributed by atoms with van der Waals surface area (Å²) < 4.78 is 5.35. The zero-order chi connectivity index (χ0) is 22.7. The zero-order valence-corrected chi connectivity index (χ0v) is 17.0. The van der Waals surface area contributed by atoms with E-state index in [2.05, 4.69) is 15.5 Å². The molecule has 1 aromatic heterocycles. The number of hydrogen-bond donors (Lipinski definition) is 5. The van der Waals surface area contributed by atoms with Crippen molar-refractivity contribution in [3.05, 3.63) is 40.4 Å². The molecule has 2 amide bonds. The largest absolute Gasteiger partial charge is 0.547 e. The Labute approximate surface area is 180 Å². The molecule has 162 valence electrons. The molecule has 1 aliphatic rings. The highest BCUT2D eigenvalue weighted by molar-refractivity contribution is 7.13. The van der Waals surface area contributed by atoms with Crippen LogP contribution < -0.4 is 21.4 Å². The Kier molecular flexibility index (Phi) is 6.41. The Balaban J connectivity index is 1.83. The molecule has 0 aliphatic carbocycles. The van der Waals surface area contributed by atoms with Crippen LogP contribution in [0.2, 0.25) is 0 Å². The number of para-hydroxylation sites is 1. The van der Waals surface area contributed by atoms with Gasteiger partial charge in [-0.1, -0.05) is 17.3 Å². The van der Waals surface area contributed by atoms with E-state index < -0.39 is 36.9 Å². The summed E-state index contributed by atoms with van der Waals surface area (Å²) in [6.45, 7) is 1.35. The maximum atomic E-state index is 12.9. The summed E-state index contributed by atoms with van der Waals surface area (Å²) in [4.78, 5) is 44.4. The van der Waals surface area contributed by atoms with Gasteiger partial charge >= 0.3 is 13.1 Å². The zero-order valence-electron chi connectivity index (χ0n) is 16.1. The van der Waals surface area contributed by atoms with Crippen LogP contribution in [0.15, 0.2) is 28.7 Å². The number of nitrogens with zero attached hydrogens (tertiary/aromatic N) is 2. The maximum absolute atomic E-state index is 12.9. The Bertz CT molecular complexity index is 1060. The van der Waals surface area contributed by atoms with Gasteiger partial charge in [-0.15, -0.1) is 11.3 Å². The first-order valence-electron chi connectivity index (χ1n) is 8.92. The summed E-state index contributed by atoms with van der Waals surface area (Å²) in [5.74, 6) is -3.68. The number of carboxylic acid groups (broad SMARTS) is 1. The van der Waals surface area contributed by atoms with Crippen molar-refractivity contribution in [3.8, 4) is 5.75 Å². The van der Waals surface area contributed by atoms with Crippen molar-refractivity contribution < 1.29 is 34.0 Å². The fourth-order valence-electron chi connectivity index (χ4n) is 2.74. The third kappa shape index (κ3) is 4.92. The van der Waals surface area contributed by atoms with E-state index in [9.17, 15) is 24.5 Å². The van der Waals surface area contributed by atoms with E-state index in [4.69, 9.17) is 21.0 Å². The van der Waals surface area contributed by atoms with Crippen molar-refractivity contribution in [3.63, 3.8) is 0 Å². The molecule has 0 saturated heterocycles. The Hall–Kier alpha value is -3.65. The second-order valence-corrected chi connectivity index (χ2v) is 7.44. The van der Waals surface area contributed by atoms with Gasteiger partial charge in [-0.3, -0.25) is 9.59 Å². The van der Waals surface area contributed by atoms with Crippen LogP contribution in [0.1, 0.15) is 28.5 Å². The molecule has 14 heteroatoms. The SMILES string of the molecule is CC(O/N=C(\C(=O)N[C@H]1Cc2cccc(C(=O)O)c2OB1O)c1csc(N)n1)C(N)=O. The lowest BCUT2D eigenvalue weighted by molar-refractivity contribution is -0.128. The molecule has 12 nitrogen and oxygen atoms in total. The Morgan fingerprint density at radius 2 is 2.19 bits per heavy atom. The number of fused-ring (bicyclic) bond motifs is 1. The number of nitrogens with two attached hydrogens (primary N) is 2. The van der Waals surface area contributed by atoms with Gasteiger partial charge in [0.2, 0.25) is 6.10 Å². The van der Waals surface area contributed by atoms with Crippen LogP contribution in [0.5, 0.6) is 5.75 Å². The van der Waals surface area contributed by atoms with Crippen LogP contribution in [0.3, 0.4) is 0 Å². The number of carbonyl (C=O) groups is 3. The Morgan fingerprint density at radius 3 is 2.81 bits per heavy atom. The minimum Gasteiger partial charge on any atom is -0.534 e. The first-order chi connectivity index (χ1) is 14.7. The minimum atomic E-state index is -1.52. The Morgan fingerprint density at radius 1 is 1.45 bits per heavy atom. The highest BCUT2D eigenvalue weighted by Crippen LogP contribution is 2.30. The molecular weight excluding hydrogens is 429 g/mol. The smallest absolute Gasteiger partial charge is 0.534 e. The summed E-state index contributed by atoms with van der Waals surface area (Å²) in [5, 5.41) is 27.5. The molecule has 2 aromatic rings. The van der Waals surface area contributed by atoms with Crippen LogP contribution in [-0.4, -0.2) is 57.8 Å². The quantitative estimate of drug-likeness (QED) is 0.204. The van der Waals surface area contributed by atoms with Crippen molar-refractivity contribution in [2.45, 2.75) is 25.4 Å². The van der Waals surface area contributed by atoms with Gasteiger partial charge in [-0.05, 0) is 25.0 Å². The molecule has 3 rings (SSSR count). The number of thiazole rings is 1. The predicted octanol–water partition coefficient (Wildman–Crippen LogP) is -0.842. The van der Waals surface area contributed by atoms with Crippen LogP contribution in [0, 0.1) is 0 Å². The second-order valence-electron chi connectivity index (χ2n) is 6.55. The number of hydrogen-bond acceptors (Lipinski definition) is 10. The monoisotopic (exact) mass is 447 g/mol. The van der Waals surface area contributed by atoms with Crippen LogP contribution in [0.25, 0.3) is 0 Å². The number of nitrogen functional groups attached to an aromatic ring is 1. The average molecular weight is 447 g/mol. The van der Waals surface area contributed by atoms with Crippen molar-refractivity contribution >= 4 is 47.1 Å². The number of nitrogens with one attached hydrogen (secondary N) is 1. The van der Waals surface area contributed by atoms with E-state index in [0.717, 1.165) is 11.3 Å². The minimum absolute atomic E-state index is 0.0350. The van der Waals surface area contributed by atoms with Gasteiger partial charge in [-0.25, -0.2) is 9.78 Å². The summed E-state index contributed by atoms with van der Waals surface area (Å²) in [5.41, 5.74) is 10.9. The van der Waals surface area contributed by atoms with Gasteiger partial charge in [-0.2, -0.15) is 0 Å². The van der Waals surface area contributed by atoms with E-state index in [1.807, 2.05) is 0 Å². The molecule has 0 saturated carbocycles. The fraction of sp³-hybridized carbons (Fsp3) is 0.235. The van der Waals surface area contributed by atoms with Gasteiger partial charge in [0.25, 0.3) is 11.8 Å². The van der Waals surface area contributed by atoms with Gasteiger partial charge < -0.3 is 36.4 Å². The standard InChI is InChI=1S/C17H18BN5O7S/c1-7(14(19)24)30-23-12(10-6-31-17(20)21-10)15(25)22-11-5-8-3-2-4-9(16(26)27)13(8)29-18(11)28/h2-4,6-7,11,28H,5H2,1H3,(H2,19,24)(H2,20,21)(H,22,25)(H,26,27)/b23-12-/t7?,11-/m0/s1. The molecule has 1 aliphatic heterocycles. The number of aromatic nitrogens is 1. The van der Waals surface area contributed by atoms with Gasteiger partial charge in [0.05, 0.1) is 11.5 Å². The summed E-state index contributed by atoms with van der Waals surface area (Å²) >= 11 is 1.06. The average Bonchev–Trinajstić information content (AvgIpc) is 3.13. The molecule has 1 unspecified atom stereocenters. The molecule has 0 fully saturated rings. The molecular formula is C17H18BN5O7S. The summed E-state index contributed by atoms with van der Waals surface area (Å²) in [7, 11) is -1.52. The van der Waals surface area contributed by atoms with E-state index in [1.54, 1.807) is 6.07 Å². The van der Waals surface area contributed by atoms with Gasteiger partial charge in [0.15, 0.2) is 10.8 Å². The highest BCUT2D eigenvalue weighted by atomic mass is 32.1. The molecule has 2 atom stereocenters. The fourth-order valence-corrected chi connectivity index (χ4v) is 3.29. The maximum Gasteiger partial charge on any atom is 0.547 e. The van der Waals surface area contributed by atoms with Crippen LogP contribution in [-0.2, 0) is 20.8 Å². The molecule has 0 bridgehead atoms. The number of aromatic carboxylic acids is 1.